The molecule has 0 aliphatic carbocycles. The molecule has 0 heterocycles. The Morgan fingerprint density at radius 1 is 1.10 bits per heavy atom. The van der Waals surface area contributed by atoms with E-state index < -0.39 is 24.0 Å². The minimum atomic E-state index is -1.55. The van der Waals surface area contributed by atoms with Gasteiger partial charge >= 0.3 is 18.0 Å². The first-order valence-corrected chi connectivity index (χ1v) is 5.85. The van der Waals surface area contributed by atoms with Crippen molar-refractivity contribution in [2.45, 2.75) is 6.04 Å². The summed E-state index contributed by atoms with van der Waals surface area (Å²) in [5.74, 6) is -1.88. The highest BCUT2D eigenvalue weighted by Gasteiger charge is 2.30. The van der Waals surface area contributed by atoms with Crippen molar-refractivity contribution in [3.63, 3.8) is 0 Å². The van der Waals surface area contributed by atoms with E-state index >= 15 is 0 Å². The molecule has 0 saturated heterocycles. The molecule has 108 valence electrons. The molecule has 1 rings (SSSR count). The number of carbonyl (C=O) groups is 3. The van der Waals surface area contributed by atoms with Gasteiger partial charge < -0.3 is 20.1 Å². The molecule has 0 aliphatic rings. The van der Waals surface area contributed by atoms with Gasteiger partial charge in [-0.2, -0.15) is 0 Å². The van der Waals surface area contributed by atoms with Gasteiger partial charge in [0.1, 0.15) is 0 Å². The number of carbonyl (C=O) groups excluding carboxylic acids is 3. The van der Waals surface area contributed by atoms with E-state index in [4.69, 9.17) is 11.6 Å². The molecule has 0 aliphatic heterocycles. The standard InChI is InChI=1S/C12H13ClN2O5/c1-19-10(16)9(11(17)20-2)15-12(18)14-8-6-4-3-5-7(8)13/h3-6,9H,1-2H3,(H2,14,15,18). The van der Waals surface area contributed by atoms with Crippen molar-refractivity contribution in [3.05, 3.63) is 29.3 Å². The van der Waals surface area contributed by atoms with Crippen molar-refractivity contribution < 1.29 is 23.9 Å². The Hall–Kier alpha value is -2.28. The molecule has 0 saturated carbocycles. The molecule has 7 nitrogen and oxygen atoms in total. The van der Waals surface area contributed by atoms with Crippen LogP contribution < -0.4 is 10.6 Å². The number of nitrogens with one attached hydrogen (secondary N) is 2. The van der Waals surface area contributed by atoms with Gasteiger partial charge in [-0.25, -0.2) is 14.4 Å². The number of hydrogen-bond acceptors (Lipinski definition) is 5. The molecule has 2 N–H and O–H groups in total. The van der Waals surface area contributed by atoms with Gasteiger partial charge in [-0.05, 0) is 12.1 Å². The Bertz CT molecular complexity index is 504. The van der Waals surface area contributed by atoms with Gasteiger partial charge in [-0.3, -0.25) is 0 Å². The first-order valence-electron chi connectivity index (χ1n) is 5.47. The molecule has 1 aromatic rings. The number of para-hydroxylation sites is 1. The van der Waals surface area contributed by atoms with Gasteiger partial charge in [0, 0.05) is 0 Å². The van der Waals surface area contributed by atoms with E-state index in [2.05, 4.69) is 20.1 Å². The lowest BCUT2D eigenvalue weighted by Crippen LogP contribution is -2.49. The van der Waals surface area contributed by atoms with E-state index in [1.54, 1.807) is 24.3 Å². The minimum Gasteiger partial charge on any atom is -0.467 e. The van der Waals surface area contributed by atoms with Gasteiger partial charge in [0.2, 0.25) is 6.04 Å². The summed E-state index contributed by atoms with van der Waals surface area (Å²) in [5, 5.41) is 4.85. The van der Waals surface area contributed by atoms with Crippen LogP contribution in [0.3, 0.4) is 0 Å². The van der Waals surface area contributed by atoms with Crippen molar-refractivity contribution in [1.82, 2.24) is 5.32 Å². The van der Waals surface area contributed by atoms with Crippen LogP contribution in [0.2, 0.25) is 5.02 Å². The Labute approximate surface area is 120 Å². The molecule has 0 aromatic heterocycles. The van der Waals surface area contributed by atoms with Crippen molar-refractivity contribution in [1.29, 1.82) is 0 Å². The highest BCUT2D eigenvalue weighted by atomic mass is 35.5. The van der Waals surface area contributed by atoms with Crippen LogP contribution in [-0.2, 0) is 19.1 Å². The van der Waals surface area contributed by atoms with E-state index in [0.717, 1.165) is 14.2 Å². The number of urea groups is 1. The molecule has 8 heteroatoms. The second-order valence-corrected chi connectivity index (χ2v) is 3.96. The number of halogens is 1. The molecule has 0 bridgehead atoms. The normalized spacial score (nSPS) is 9.80. The van der Waals surface area contributed by atoms with Crippen LogP contribution >= 0.6 is 11.6 Å². The molecule has 2 amide bonds. The molecule has 1 aromatic carbocycles. The van der Waals surface area contributed by atoms with E-state index in [1.165, 1.54) is 0 Å². The summed E-state index contributed by atoms with van der Waals surface area (Å²) < 4.78 is 8.80. The maximum atomic E-state index is 11.7. The number of anilines is 1. The van der Waals surface area contributed by atoms with Crippen LogP contribution in [0.1, 0.15) is 0 Å². The maximum absolute atomic E-state index is 11.7. The van der Waals surface area contributed by atoms with Gasteiger partial charge in [0.15, 0.2) is 0 Å². The van der Waals surface area contributed by atoms with E-state index in [9.17, 15) is 14.4 Å². The maximum Gasteiger partial charge on any atom is 0.340 e. The molecule has 0 radical (unpaired) electrons. The SMILES string of the molecule is COC(=O)C(NC(=O)Nc1ccccc1Cl)C(=O)OC. The van der Waals surface area contributed by atoms with Crippen molar-refractivity contribution >= 4 is 35.3 Å². The van der Waals surface area contributed by atoms with Crippen LogP contribution in [0.25, 0.3) is 0 Å². The average molecular weight is 301 g/mol. The number of methoxy groups -OCH3 is 2. The third-order valence-corrected chi connectivity index (χ3v) is 2.60. The summed E-state index contributed by atoms with van der Waals surface area (Å²) in [4.78, 5) is 34.5. The molecular weight excluding hydrogens is 288 g/mol. The third-order valence-electron chi connectivity index (χ3n) is 2.27. The number of hydrogen-bond donors (Lipinski definition) is 2. The number of esters is 2. The van der Waals surface area contributed by atoms with Crippen molar-refractivity contribution in [2.24, 2.45) is 0 Å². The predicted octanol–water partition coefficient (Wildman–Crippen LogP) is 1.18. The molecular formula is C12H13ClN2O5. The van der Waals surface area contributed by atoms with E-state index in [1.807, 2.05) is 0 Å². The van der Waals surface area contributed by atoms with Gasteiger partial charge in [0.05, 0.1) is 24.9 Å². The van der Waals surface area contributed by atoms with Crippen LogP contribution in [0.4, 0.5) is 10.5 Å². The Morgan fingerprint density at radius 3 is 2.15 bits per heavy atom. The second-order valence-electron chi connectivity index (χ2n) is 3.56. The predicted molar refractivity (Wildman–Crippen MR) is 71.4 cm³/mol. The van der Waals surface area contributed by atoms with Gasteiger partial charge in [-0.15, -0.1) is 0 Å². The average Bonchev–Trinajstić information content (AvgIpc) is 2.45. The molecule has 20 heavy (non-hydrogen) atoms. The van der Waals surface area contributed by atoms with Crippen molar-refractivity contribution in [2.75, 3.05) is 19.5 Å². The van der Waals surface area contributed by atoms with Gasteiger partial charge in [0.25, 0.3) is 0 Å². The fraction of sp³-hybridized carbons (Fsp3) is 0.250. The number of rotatable bonds is 4. The monoisotopic (exact) mass is 300 g/mol. The number of benzene rings is 1. The van der Waals surface area contributed by atoms with E-state index in [-0.39, 0.29) is 0 Å². The minimum absolute atomic E-state index is 0.315. The first-order chi connectivity index (χ1) is 9.49. The fourth-order valence-corrected chi connectivity index (χ4v) is 1.48. The van der Waals surface area contributed by atoms with Crippen LogP contribution in [0.5, 0.6) is 0 Å². The van der Waals surface area contributed by atoms with Crippen LogP contribution in [-0.4, -0.2) is 38.2 Å². The lowest BCUT2D eigenvalue weighted by atomic mass is 10.3. The fourth-order valence-electron chi connectivity index (χ4n) is 1.30. The first kappa shape index (κ1) is 15.8. The summed E-state index contributed by atoms with van der Waals surface area (Å²) in [5.41, 5.74) is 0.333. The summed E-state index contributed by atoms with van der Waals surface area (Å²) in [6, 6.07) is 4.16. The highest BCUT2D eigenvalue weighted by molar-refractivity contribution is 6.33. The lowest BCUT2D eigenvalue weighted by Gasteiger charge is -2.15. The summed E-state index contributed by atoms with van der Waals surface area (Å²) in [6.45, 7) is 0. The molecule has 0 unspecified atom stereocenters. The lowest BCUT2D eigenvalue weighted by molar-refractivity contribution is -0.154. The molecule has 0 fully saturated rings. The smallest absolute Gasteiger partial charge is 0.340 e. The highest BCUT2D eigenvalue weighted by Crippen LogP contribution is 2.20. The largest absolute Gasteiger partial charge is 0.467 e. The molecule has 0 spiro atoms. The zero-order chi connectivity index (χ0) is 15.1. The second kappa shape index (κ2) is 7.34. The summed E-state index contributed by atoms with van der Waals surface area (Å²) >= 11 is 5.86. The number of ether oxygens (including phenoxy) is 2. The topological polar surface area (TPSA) is 93.7 Å². The third kappa shape index (κ3) is 4.13. The van der Waals surface area contributed by atoms with Gasteiger partial charge in [-0.1, -0.05) is 23.7 Å². The van der Waals surface area contributed by atoms with Crippen LogP contribution in [0.15, 0.2) is 24.3 Å². The Balaban J connectivity index is 2.74. The van der Waals surface area contributed by atoms with Crippen LogP contribution in [0, 0.1) is 0 Å². The van der Waals surface area contributed by atoms with Crippen molar-refractivity contribution in [3.8, 4) is 0 Å². The zero-order valence-electron chi connectivity index (χ0n) is 10.8. The zero-order valence-corrected chi connectivity index (χ0v) is 11.6. The Morgan fingerprint density at radius 2 is 1.65 bits per heavy atom. The van der Waals surface area contributed by atoms with E-state index in [0.29, 0.717) is 10.7 Å². The molecule has 0 atom stereocenters. The Kier molecular flexibility index (Phi) is 5.79. The summed E-state index contributed by atoms with van der Waals surface area (Å²) in [7, 11) is 2.18. The quantitative estimate of drug-likeness (QED) is 0.643. The summed E-state index contributed by atoms with van der Waals surface area (Å²) in [6.07, 6.45) is 0. The number of amides is 2.